The Labute approximate surface area is 172 Å². The van der Waals surface area contributed by atoms with Gasteiger partial charge in [-0.1, -0.05) is 24.3 Å². The lowest BCUT2D eigenvalue weighted by molar-refractivity contribution is 0.102. The summed E-state index contributed by atoms with van der Waals surface area (Å²) >= 11 is 0. The van der Waals surface area contributed by atoms with E-state index >= 15 is 0 Å². The van der Waals surface area contributed by atoms with Crippen LogP contribution in [0.2, 0.25) is 0 Å². The molecule has 0 atom stereocenters. The van der Waals surface area contributed by atoms with E-state index in [4.69, 9.17) is 11.5 Å². The summed E-state index contributed by atoms with van der Waals surface area (Å²) in [6.07, 6.45) is 1.54. The molecule has 5 N–H and O–H groups in total. The molecule has 4 rings (SSSR count). The maximum atomic E-state index is 14.1. The number of nitrogens with one attached hydrogen (secondary N) is 1. The fourth-order valence-electron chi connectivity index (χ4n) is 3.21. The average molecular weight is 402 g/mol. The number of amides is 1. The fourth-order valence-corrected chi connectivity index (χ4v) is 3.21. The Hall–Kier alpha value is -4.20. The van der Waals surface area contributed by atoms with Crippen molar-refractivity contribution in [3.63, 3.8) is 0 Å². The van der Waals surface area contributed by atoms with Crippen LogP contribution in [0, 0.1) is 5.82 Å². The van der Waals surface area contributed by atoms with Crippen LogP contribution in [0.3, 0.4) is 0 Å². The third kappa shape index (κ3) is 3.58. The molecule has 30 heavy (non-hydrogen) atoms. The normalized spacial score (nSPS) is 10.7. The molecule has 7 nitrogen and oxygen atoms in total. The Bertz CT molecular complexity index is 1250. The number of nitrogen functional groups attached to an aromatic ring is 2. The summed E-state index contributed by atoms with van der Waals surface area (Å²) in [5.74, 6) is -0.957. The topological polar surface area (TPSA) is 112 Å². The number of hydrogen-bond acceptors (Lipinski definition) is 5. The van der Waals surface area contributed by atoms with E-state index in [1.54, 1.807) is 48.1 Å². The number of carbonyl (C=O) groups excluding carboxylic acids is 1. The monoisotopic (exact) mass is 402 g/mol. The molecule has 1 amide bonds. The lowest BCUT2D eigenvalue weighted by Crippen LogP contribution is -2.16. The van der Waals surface area contributed by atoms with Gasteiger partial charge in [-0.25, -0.2) is 9.37 Å². The van der Waals surface area contributed by atoms with Crippen molar-refractivity contribution in [2.75, 3.05) is 16.8 Å². The maximum Gasteiger partial charge on any atom is 0.276 e. The number of nitrogens with two attached hydrogens (primary N) is 2. The Morgan fingerprint density at radius 2 is 1.87 bits per heavy atom. The number of halogens is 1. The molecule has 0 bridgehead atoms. The van der Waals surface area contributed by atoms with Crippen molar-refractivity contribution in [1.82, 2.24) is 14.8 Å². The van der Waals surface area contributed by atoms with Gasteiger partial charge in [-0.05, 0) is 36.4 Å². The number of aromatic nitrogens is 3. The first-order valence-corrected chi connectivity index (χ1v) is 9.14. The maximum absolute atomic E-state index is 14.1. The molecule has 0 spiro atoms. The third-order valence-corrected chi connectivity index (χ3v) is 4.64. The molecule has 0 radical (unpaired) electrons. The Morgan fingerprint density at radius 3 is 2.63 bits per heavy atom. The smallest absolute Gasteiger partial charge is 0.276 e. The Morgan fingerprint density at radius 1 is 1.07 bits per heavy atom. The van der Waals surface area contributed by atoms with Crippen molar-refractivity contribution in [2.45, 2.75) is 0 Å². The zero-order valence-electron chi connectivity index (χ0n) is 16.1. The number of rotatable bonds is 4. The molecule has 0 saturated heterocycles. The van der Waals surface area contributed by atoms with Crippen LogP contribution >= 0.6 is 0 Å². The van der Waals surface area contributed by atoms with Gasteiger partial charge >= 0.3 is 0 Å². The first-order valence-electron chi connectivity index (χ1n) is 9.14. The predicted octanol–water partition coefficient (Wildman–Crippen LogP) is 3.70. The highest BCUT2D eigenvalue weighted by Gasteiger charge is 2.19. The van der Waals surface area contributed by atoms with Crippen LogP contribution in [0.1, 0.15) is 10.5 Å². The molecule has 0 aliphatic carbocycles. The SMILES string of the molecule is Cn1ncc(NC(=O)c2nc(-c3ccccc3F)ccc2N)c1-c1cccc(N)c1. The summed E-state index contributed by atoms with van der Waals surface area (Å²) in [6.45, 7) is 0. The van der Waals surface area contributed by atoms with Crippen molar-refractivity contribution < 1.29 is 9.18 Å². The van der Waals surface area contributed by atoms with Crippen molar-refractivity contribution in [3.05, 3.63) is 78.4 Å². The molecule has 0 aliphatic rings. The first-order chi connectivity index (χ1) is 14.4. The van der Waals surface area contributed by atoms with Gasteiger partial charge in [0, 0.05) is 23.9 Å². The van der Waals surface area contributed by atoms with Crippen molar-refractivity contribution >= 4 is 23.0 Å². The number of hydrogen-bond donors (Lipinski definition) is 3. The minimum absolute atomic E-state index is 0.00173. The Balaban J connectivity index is 1.69. The summed E-state index contributed by atoms with van der Waals surface area (Å²) in [7, 11) is 1.76. The van der Waals surface area contributed by atoms with Crippen LogP contribution in [0.25, 0.3) is 22.5 Å². The molecule has 2 heterocycles. The van der Waals surface area contributed by atoms with Gasteiger partial charge in [0.2, 0.25) is 0 Å². The van der Waals surface area contributed by atoms with Crippen LogP contribution in [-0.4, -0.2) is 20.7 Å². The molecule has 0 unspecified atom stereocenters. The predicted molar refractivity (Wildman–Crippen MR) is 115 cm³/mol. The lowest BCUT2D eigenvalue weighted by atomic mass is 10.1. The fraction of sp³-hybridized carbons (Fsp3) is 0.0455. The average Bonchev–Trinajstić information content (AvgIpc) is 3.09. The van der Waals surface area contributed by atoms with Gasteiger partial charge in [0.05, 0.1) is 29.0 Å². The number of aryl methyl sites for hydroxylation is 1. The number of nitrogens with zero attached hydrogens (tertiary/aromatic N) is 3. The Kier molecular flexibility index (Phi) is 4.89. The van der Waals surface area contributed by atoms with E-state index in [1.165, 1.54) is 18.3 Å². The molecule has 0 aliphatic heterocycles. The molecular formula is C22H19FN6O. The second-order valence-electron chi connectivity index (χ2n) is 6.72. The molecular weight excluding hydrogens is 383 g/mol. The molecule has 150 valence electrons. The number of anilines is 3. The number of carbonyl (C=O) groups is 1. The second-order valence-corrected chi connectivity index (χ2v) is 6.72. The zero-order chi connectivity index (χ0) is 21.3. The van der Waals surface area contributed by atoms with Crippen molar-refractivity contribution in [3.8, 4) is 22.5 Å². The molecule has 8 heteroatoms. The van der Waals surface area contributed by atoms with Gasteiger partial charge in [-0.2, -0.15) is 5.10 Å². The highest BCUT2D eigenvalue weighted by atomic mass is 19.1. The van der Waals surface area contributed by atoms with E-state index in [0.29, 0.717) is 22.8 Å². The van der Waals surface area contributed by atoms with Crippen molar-refractivity contribution in [2.24, 2.45) is 7.05 Å². The quantitative estimate of drug-likeness (QED) is 0.451. The molecule has 4 aromatic rings. The number of benzene rings is 2. The molecule has 2 aromatic carbocycles. The van der Waals surface area contributed by atoms with Crippen LogP contribution in [0.4, 0.5) is 21.5 Å². The standard InChI is InChI=1S/C22H19FN6O/c1-29-21(13-5-4-6-14(24)11-13)19(12-26-29)28-22(30)20-17(25)9-10-18(27-20)15-7-2-3-8-16(15)23/h2-12H,24-25H2,1H3,(H,28,30). The molecule has 2 aromatic heterocycles. The van der Waals surface area contributed by atoms with E-state index < -0.39 is 11.7 Å². The van der Waals surface area contributed by atoms with Crippen LogP contribution in [0.5, 0.6) is 0 Å². The van der Waals surface area contributed by atoms with Crippen LogP contribution in [0.15, 0.2) is 66.9 Å². The minimum Gasteiger partial charge on any atom is -0.399 e. The van der Waals surface area contributed by atoms with Gasteiger partial charge in [-0.15, -0.1) is 0 Å². The van der Waals surface area contributed by atoms with E-state index in [0.717, 1.165) is 5.56 Å². The van der Waals surface area contributed by atoms with Gasteiger partial charge in [0.15, 0.2) is 5.69 Å². The second kappa shape index (κ2) is 7.67. The number of pyridine rings is 1. The first kappa shape index (κ1) is 19.1. The van der Waals surface area contributed by atoms with Crippen LogP contribution < -0.4 is 16.8 Å². The van der Waals surface area contributed by atoms with E-state index in [9.17, 15) is 9.18 Å². The summed E-state index contributed by atoms with van der Waals surface area (Å²) in [5, 5.41) is 7.03. The minimum atomic E-state index is -0.524. The molecule has 0 fully saturated rings. The van der Waals surface area contributed by atoms with Gasteiger partial charge in [0.1, 0.15) is 5.82 Å². The summed E-state index contributed by atoms with van der Waals surface area (Å²) in [5.41, 5.74) is 15.2. The van der Waals surface area contributed by atoms with Crippen LogP contribution in [-0.2, 0) is 7.05 Å². The largest absolute Gasteiger partial charge is 0.399 e. The van der Waals surface area contributed by atoms with Gasteiger partial charge in [-0.3, -0.25) is 9.48 Å². The summed E-state index contributed by atoms with van der Waals surface area (Å²) < 4.78 is 15.8. The van der Waals surface area contributed by atoms with E-state index in [1.807, 2.05) is 12.1 Å². The third-order valence-electron chi connectivity index (χ3n) is 4.64. The highest BCUT2D eigenvalue weighted by molar-refractivity contribution is 6.08. The lowest BCUT2D eigenvalue weighted by Gasteiger charge is -2.11. The summed E-state index contributed by atoms with van der Waals surface area (Å²) in [6, 6.07) is 16.6. The van der Waals surface area contributed by atoms with Crippen molar-refractivity contribution in [1.29, 1.82) is 0 Å². The van der Waals surface area contributed by atoms with E-state index in [-0.39, 0.29) is 16.9 Å². The van der Waals surface area contributed by atoms with Gasteiger partial charge in [0.25, 0.3) is 5.91 Å². The molecule has 0 saturated carbocycles. The van der Waals surface area contributed by atoms with Gasteiger partial charge < -0.3 is 16.8 Å². The van der Waals surface area contributed by atoms with E-state index in [2.05, 4.69) is 15.4 Å². The highest BCUT2D eigenvalue weighted by Crippen LogP contribution is 2.29. The zero-order valence-corrected chi connectivity index (χ0v) is 16.1. The summed E-state index contributed by atoms with van der Waals surface area (Å²) in [4.78, 5) is 17.3.